The van der Waals surface area contributed by atoms with Crippen molar-refractivity contribution in [3.63, 3.8) is 0 Å². The Labute approximate surface area is 191 Å². The average Bonchev–Trinajstić information content (AvgIpc) is 2.78. The molecule has 3 rings (SSSR count). The zero-order chi connectivity index (χ0) is 24.0. The molecule has 2 aromatic rings. The van der Waals surface area contributed by atoms with Gasteiger partial charge in [0.2, 0.25) is 0 Å². The Kier molecular flexibility index (Phi) is 7.97. The van der Waals surface area contributed by atoms with Gasteiger partial charge in [0.05, 0.1) is 5.56 Å². The molecule has 0 aliphatic carbocycles. The molecular formula is C24H28F3N3O3. The number of alkyl halides is 3. The highest BCUT2D eigenvalue weighted by molar-refractivity contribution is 5.94. The number of rotatable bonds is 7. The van der Waals surface area contributed by atoms with Crippen LogP contribution in [0.3, 0.4) is 0 Å². The molecule has 6 nitrogen and oxygen atoms in total. The number of likely N-dealkylation sites (tertiary alicyclic amines) is 1. The molecule has 1 N–H and O–H groups in total. The van der Waals surface area contributed by atoms with E-state index >= 15 is 0 Å². The number of piperidine rings is 1. The molecule has 0 saturated carbocycles. The quantitative estimate of drug-likeness (QED) is 0.682. The van der Waals surface area contributed by atoms with Gasteiger partial charge in [0.25, 0.3) is 11.8 Å². The highest BCUT2D eigenvalue weighted by Crippen LogP contribution is 2.30. The zero-order valence-corrected chi connectivity index (χ0v) is 18.7. The van der Waals surface area contributed by atoms with E-state index in [0.29, 0.717) is 49.4 Å². The number of halogens is 3. The van der Waals surface area contributed by atoms with Gasteiger partial charge in [0, 0.05) is 45.3 Å². The molecule has 0 bridgehead atoms. The number of likely N-dealkylation sites (N-methyl/N-ethyl adjacent to an activating group) is 1. The second kappa shape index (κ2) is 10.7. The van der Waals surface area contributed by atoms with Crippen LogP contribution in [0.25, 0.3) is 0 Å². The second-order valence-corrected chi connectivity index (χ2v) is 8.33. The monoisotopic (exact) mass is 463 g/mol. The highest BCUT2D eigenvalue weighted by atomic mass is 19.4. The lowest BCUT2D eigenvalue weighted by Gasteiger charge is -2.32. The summed E-state index contributed by atoms with van der Waals surface area (Å²) < 4.78 is 44.2. The van der Waals surface area contributed by atoms with E-state index in [1.54, 1.807) is 44.4 Å². The first-order chi connectivity index (χ1) is 15.6. The lowest BCUT2D eigenvalue weighted by Crippen LogP contribution is -2.44. The van der Waals surface area contributed by atoms with E-state index in [0.717, 1.165) is 6.07 Å². The fourth-order valence-corrected chi connectivity index (χ4v) is 3.61. The van der Waals surface area contributed by atoms with Crippen LogP contribution in [-0.2, 0) is 17.5 Å². The van der Waals surface area contributed by atoms with Gasteiger partial charge in [-0.25, -0.2) is 0 Å². The van der Waals surface area contributed by atoms with E-state index in [1.165, 1.54) is 17.0 Å². The van der Waals surface area contributed by atoms with Crippen LogP contribution in [0.1, 0.15) is 34.3 Å². The van der Waals surface area contributed by atoms with Gasteiger partial charge in [-0.15, -0.1) is 0 Å². The van der Waals surface area contributed by atoms with Crippen molar-refractivity contribution < 1.29 is 27.5 Å². The number of amides is 2. The number of carbonyl (C=O) groups excluding carboxylic acids is 2. The van der Waals surface area contributed by atoms with Crippen LogP contribution in [0.15, 0.2) is 48.5 Å². The van der Waals surface area contributed by atoms with Crippen LogP contribution < -0.4 is 10.1 Å². The van der Waals surface area contributed by atoms with E-state index in [1.807, 2.05) is 0 Å². The Morgan fingerprint density at radius 2 is 1.79 bits per heavy atom. The molecule has 1 heterocycles. The second-order valence-electron chi connectivity index (χ2n) is 8.33. The summed E-state index contributed by atoms with van der Waals surface area (Å²) in [7, 11) is 3.28. The first-order valence-electron chi connectivity index (χ1n) is 10.7. The van der Waals surface area contributed by atoms with Gasteiger partial charge in [0.15, 0.2) is 6.61 Å². The third-order valence-corrected chi connectivity index (χ3v) is 5.54. The van der Waals surface area contributed by atoms with Gasteiger partial charge < -0.3 is 15.0 Å². The molecule has 1 saturated heterocycles. The Hall–Kier alpha value is -3.07. The van der Waals surface area contributed by atoms with Gasteiger partial charge >= 0.3 is 6.18 Å². The summed E-state index contributed by atoms with van der Waals surface area (Å²) in [5.74, 6) is 0.0335. The van der Waals surface area contributed by atoms with Gasteiger partial charge in [-0.3, -0.25) is 14.5 Å². The lowest BCUT2D eigenvalue weighted by molar-refractivity contribution is -0.137. The molecule has 1 fully saturated rings. The molecule has 0 spiro atoms. The number of nitrogens with zero attached hydrogens (tertiary/aromatic N) is 2. The topological polar surface area (TPSA) is 61.9 Å². The zero-order valence-electron chi connectivity index (χ0n) is 18.7. The predicted molar refractivity (Wildman–Crippen MR) is 118 cm³/mol. The molecule has 0 radical (unpaired) electrons. The fourth-order valence-electron chi connectivity index (χ4n) is 3.61. The number of benzene rings is 2. The number of nitrogens with one attached hydrogen (secondary N) is 1. The van der Waals surface area contributed by atoms with Gasteiger partial charge in [-0.05, 0) is 42.7 Å². The molecular weight excluding hydrogens is 435 g/mol. The SMILES string of the molecule is CN(C)C(=O)COc1cccc(C(=O)NC2CCN(Cc3cccc(C(F)(F)F)c3)CC2)c1. The maximum Gasteiger partial charge on any atom is 0.416 e. The van der Waals surface area contributed by atoms with Crippen molar-refractivity contribution in [2.75, 3.05) is 33.8 Å². The average molecular weight is 464 g/mol. The van der Waals surface area contributed by atoms with Crippen molar-refractivity contribution in [3.05, 3.63) is 65.2 Å². The van der Waals surface area contributed by atoms with E-state index in [2.05, 4.69) is 10.2 Å². The minimum absolute atomic E-state index is 0.0184. The van der Waals surface area contributed by atoms with Crippen LogP contribution in [-0.4, -0.2) is 61.4 Å². The molecule has 2 amide bonds. The van der Waals surface area contributed by atoms with Gasteiger partial charge in [0.1, 0.15) is 5.75 Å². The smallest absolute Gasteiger partial charge is 0.416 e. The predicted octanol–water partition coefficient (Wildman–Crippen LogP) is 3.57. The summed E-state index contributed by atoms with van der Waals surface area (Å²) in [6.45, 7) is 1.69. The van der Waals surface area contributed by atoms with Gasteiger partial charge in [-0.2, -0.15) is 13.2 Å². The maximum absolute atomic E-state index is 12.9. The molecule has 0 unspecified atom stereocenters. The van der Waals surface area contributed by atoms with E-state index in [-0.39, 0.29) is 24.5 Å². The van der Waals surface area contributed by atoms with Crippen molar-refractivity contribution in [2.24, 2.45) is 0 Å². The summed E-state index contributed by atoms with van der Waals surface area (Å²) in [6.07, 6.45) is -2.94. The minimum Gasteiger partial charge on any atom is -0.484 e. The van der Waals surface area contributed by atoms with Crippen LogP contribution in [0.5, 0.6) is 5.75 Å². The van der Waals surface area contributed by atoms with E-state index in [4.69, 9.17) is 4.74 Å². The first-order valence-corrected chi connectivity index (χ1v) is 10.7. The Balaban J connectivity index is 1.49. The van der Waals surface area contributed by atoms with Crippen LogP contribution in [0, 0.1) is 0 Å². The number of carbonyl (C=O) groups is 2. The Morgan fingerprint density at radius 3 is 2.45 bits per heavy atom. The molecule has 33 heavy (non-hydrogen) atoms. The number of hydrogen-bond acceptors (Lipinski definition) is 4. The maximum atomic E-state index is 12.9. The molecule has 9 heteroatoms. The molecule has 0 aromatic heterocycles. The van der Waals surface area contributed by atoms with Crippen LogP contribution in [0.2, 0.25) is 0 Å². The summed E-state index contributed by atoms with van der Waals surface area (Å²) in [5.41, 5.74) is 0.424. The Bertz CT molecular complexity index is 971. The lowest BCUT2D eigenvalue weighted by atomic mass is 10.0. The van der Waals surface area contributed by atoms with Crippen LogP contribution >= 0.6 is 0 Å². The molecule has 1 aliphatic rings. The van der Waals surface area contributed by atoms with Crippen molar-refractivity contribution in [1.82, 2.24) is 15.1 Å². The largest absolute Gasteiger partial charge is 0.484 e. The summed E-state index contributed by atoms with van der Waals surface area (Å²) in [6, 6.07) is 12.0. The van der Waals surface area contributed by atoms with Crippen molar-refractivity contribution >= 4 is 11.8 Å². The molecule has 1 aliphatic heterocycles. The first kappa shape index (κ1) is 24.6. The third-order valence-electron chi connectivity index (χ3n) is 5.54. The molecule has 2 aromatic carbocycles. The Morgan fingerprint density at radius 1 is 1.09 bits per heavy atom. The van der Waals surface area contributed by atoms with Crippen molar-refractivity contribution in [2.45, 2.75) is 31.6 Å². The normalized spacial score (nSPS) is 15.2. The third kappa shape index (κ3) is 7.21. The summed E-state index contributed by atoms with van der Waals surface area (Å²) in [5, 5.41) is 3.01. The minimum atomic E-state index is -4.35. The number of ether oxygens (including phenoxy) is 1. The fraction of sp³-hybridized carbons (Fsp3) is 0.417. The van der Waals surface area contributed by atoms with Crippen LogP contribution in [0.4, 0.5) is 13.2 Å². The van der Waals surface area contributed by atoms with Gasteiger partial charge in [-0.1, -0.05) is 24.3 Å². The standard InChI is InChI=1S/C24H28F3N3O3/c1-29(2)22(31)16-33-21-8-4-6-18(14-21)23(32)28-20-9-11-30(12-10-20)15-17-5-3-7-19(13-17)24(25,26)27/h3-8,13-14,20H,9-12,15-16H2,1-2H3,(H,28,32). The molecule has 0 atom stereocenters. The van der Waals surface area contributed by atoms with Crippen molar-refractivity contribution in [1.29, 1.82) is 0 Å². The van der Waals surface area contributed by atoms with E-state index in [9.17, 15) is 22.8 Å². The highest BCUT2D eigenvalue weighted by Gasteiger charge is 2.30. The summed E-state index contributed by atoms with van der Waals surface area (Å²) in [4.78, 5) is 27.8. The summed E-state index contributed by atoms with van der Waals surface area (Å²) >= 11 is 0. The van der Waals surface area contributed by atoms with Crippen molar-refractivity contribution in [3.8, 4) is 5.75 Å². The number of hydrogen-bond donors (Lipinski definition) is 1. The molecule has 178 valence electrons. The van der Waals surface area contributed by atoms with E-state index < -0.39 is 11.7 Å².